The largest absolute Gasteiger partial charge is 0.453 e. The van der Waals surface area contributed by atoms with Crippen LogP contribution >= 0.6 is 11.6 Å². The zero-order valence-electron chi connectivity index (χ0n) is 9.86. The number of ketones is 1. The summed E-state index contributed by atoms with van der Waals surface area (Å²) in [6.07, 6.45) is 2.80. The molecule has 1 aliphatic carbocycles. The van der Waals surface area contributed by atoms with Crippen molar-refractivity contribution in [1.82, 2.24) is 0 Å². The summed E-state index contributed by atoms with van der Waals surface area (Å²) in [4.78, 5) is 12.3. The predicted octanol–water partition coefficient (Wildman–Crippen LogP) is 3.40. The van der Waals surface area contributed by atoms with Crippen molar-refractivity contribution in [2.24, 2.45) is 11.7 Å². The third-order valence-electron chi connectivity index (χ3n) is 3.63. The summed E-state index contributed by atoms with van der Waals surface area (Å²) >= 11 is 5.91. The Bertz CT molecular complexity index is 605. The molecule has 2 aromatic rings. The Morgan fingerprint density at radius 1 is 1.33 bits per heavy atom. The average Bonchev–Trinajstić information content (AvgIpc) is 2.93. The van der Waals surface area contributed by atoms with Crippen LogP contribution in [-0.2, 0) is 0 Å². The summed E-state index contributed by atoms with van der Waals surface area (Å²) < 4.78 is 5.58. The fourth-order valence-corrected chi connectivity index (χ4v) is 2.81. The van der Waals surface area contributed by atoms with Crippen LogP contribution in [-0.4, -0.2) is 11.8 Å². The normalized spacial score (nSPS) is 23.7. The van der Waals surface area contributed by atoms with Crippen molar-refractivity contribution in [1.29, 1.82) is 0 Å². The molecule has 0 radical (unpaired) electrons. The van der Waals surface area contributed by atoms with Crippen LogP contribution in [0.1, 0.15) is 29.8 Å². The highest BCUT2D eigenvalue weighted by molar-refractivity contribution is 6.31. The van der Waals surface area contributed by atoms with Crippen molar-refractivity contribution in [2.45, 2.75) is 25.3 Å². The highest BCUT2D eigenvalue weighted by Crippen LogP contribution is 2.30. The SMILES string of the molecule is NC1CCCC1C(=O)c1cc2cc(Cl)ccc2o1. The molecule has 0 aliphatic heterocycles. The van der Waals surface area contributed by atoms with Crippen LogP contribution in [0.5, 0.6) is 0 Å². The lowest BCUT2D eigenvalue weighted by Gasteiger charge is -2.11. The van der Waals surface area contributed by atoms with Crippen LogP contribution in [0.4, 0.5) is 0 Å². The molecule has 3 rings (SSSR count). The van der Waals surface area contributed by atoms with Gasteiger partial charge in [0.05, 0.1) is 0 Å². The number of benzene rings is 1. The zero-order chi connectivity index (χ0) is 12.7. The van der Waals surface area contributed by atoms with Gasteiger partial charge in [-0.15, -0.1) is 0 Å². The first-order valence-corrected chi connectivity index (χ1v) is 6.52. The van der Waals surface area contributed by atoms with Crippen LogP contribution in [0.3, 0.4) is 0 Å². The molecule has 0 bridgehead atoms. The molecule has 2 atom stereocenters. The van der Waals surface area contributed by atoms with Gasteiger partial charge in [-0.25, -0.2) is 0 Å². The van der Waals surface area contributed by atoms with E-state index in [1.165, 1.54) is 0 Å². The van der Waals surface area contributed by atoms with Crippen LogP contribution in [0.15, 0.2) is 28.7 Å². The highest BCUT2D eigenvalue weighted by Gasteiger charge is 2.32. The molecule has 1 aromatic heterocycles. The van der Waals surface area contributed by atoms with Gasteiger partial charge in [-0.1, -0.05) is 18.0 Å². The summed E-state index contributed by atoms with van der Waals surface area (Å²) in [5.74, 6) is 0.322. The minimum absolute atomic E-state index is 0.0207. The Hall–Kier alpha value is -1.32. The maximum absolute atomic E-state index is 12.3. The van der Waals surface area contributed by atoms with Gasteiger partial charge in [-0.3, -0.25) is 4.79 Å². The lowest BCUT2D eigenvalue weighted by atomic mass is 9.97. The first-order chi connectivity index (χ1) is 8.65. The minimum atomic E-state index is -0.0963. The monoisotopic (exact) mass is 263 g/mol. The molecule has 3 nitrogen and oxygen atoms in total. The molecule has 4 heteroatoms. The minimum Gasteiger partial charge on any atom is -0.453 e. The molecule has 2 N–H and O–H groups in total. The summed E-state index contributed by atoms with van der Waals surface area (Å²) in [6.45, 7) is 0. The number of carbonyl (C=O) groups excluding carboxylic acids is 1. The third kappa shape index (κ3) is 1.93. The lowest BCUT2D eigenvalue weighted by Crippen LogP contribution is -2.30. The molecular formula is C14H14ClNO2. The van der Waals surface area contributed by atoms with Gasteiger partial charge in [0.25, 0.3) is 0 Å². The van der Waals surface area contributed by atoms with Gasteiger partial charge < -0.3 is 10.2 Å². The number of fused-ring (bicyclic) bond motifs is 1. The fraction of sp³-hybridized carbons (Fsp3) is 0.357. The number of Topliss-reactive ketones (excluding diaryl/α,β-unsaturated/α-hetero) is 1. The van der Waals surface area contributed by atoms with Crippen molar-refractivity contribution < 1.29 is 9.21 Å². The Balaban J connectivity index is 1.96. The van der Waals surface area contributed by atoms with E-state index in [-0.39, 0.29) is 17.7 Å². The molecule has 0 spiro atoms. The topological polar surface area (TPSA) is 56.2 Å². The van der Waals surface area contributed by atoms with Crippen molar-refractivity contribution in [3.05, 3.63) is 35.0 Å². The fourth-order valence-electron chi connectivity index (χ4n) is 2.63. The van der Waals surface area contributed by atoms with E-state index in [4.69, 9.17) is 21.8 Å². The number of hydrogen-bond acceptors (Lipinski definition) is 3. The molecule has 1 aliphatic rings. The first kappa shape index (κ1) is 11.8. The number of furan rings is 1. The summed E-state index contributed by atoms with van der Waals surface area (Å²) in [7, 11) is 0. The van der Waals surface area contributed by atoms with E-state index in [9.17, 15) is 4.79 Å². The van der Waals surface area contributed by atoms with Gasteiger partial charge >= 0.3 is 0 Å². The number of rotatable bonds is 2. The van der Waals surface area contributed by atoms with E-state index >= 15 is 0 Å². The summed E-state index contributed by atoms with van der Waals surface area (Å²) in [5, 5.41) is 1.50. The van der Waals surface area contributed by atoms with Crippen LogP contribution in [0.2, 0.25) is 5.02 Å². The van der Waals surface area contributed by atoms with E-state index < -0.39 is 0 Å². The van der Waals surface area contributed by atoms with Gasteiger partial charge in [-0.05, 0) is 37.1 Å². The maximum Gasteiger partial charge on any atom is 0.202 e. The molecule has 18 heavy (non-hydrogen) atoms. The van der Waals surface area contributed by atoms with Crippen molar-refractivity contribution >= 4 is 28.4 Å². The second kappa shape index (κ2) is 4.41. The van der Waals surface area contributed by atoms with E-state index in [0.29, 0.717) is 16.4 Å². The third-order valence-corrected chi connectivity index (χ3v) is 3.86. The molecule has 94 valence electrons. The number of carbonyl (C=O) groups is 1. The van der Waals surface area contributed by atoms with Gasteiger partial charge in [-0.2, -0.15) is 0 Å². The number of halogens is 1. The van der Waals surface area contributed by atoms with Crippen molar-refractivity contribution in [3.8, 4) is 0 Å². The predicted molar refractivity (Wildman–Crippen MR) is 70.9 cm³/mol. The van der Waals surface area contributed by atoms with Gasteiger partial charge in [0.2, 0.25) is 5.78 Å². The van der Waals surface area contributed by atoms with Crippen LogP contribution in [0.25, 0.3) is 11.0 Å². The average molecular weight is 264 g/mol. The smallest absolute Gasteiger partial charge is 0.202 e. The molecule has 1 saturated carbocycles. The van der Waals surface area contributed by atoms with E-state index in [0.717, 1.165) is 24.6 Å². The Kier molecular flexibility index (Phi) is 2.88. The first-order valence-electron chi connectivity index (χ1n) is 6.14. The van der Waals surface area contributed by atoms with Crippen LogP contribution in [0, 0.1) is 5.92 Å². The highest BCUT2D eigenvalue weighted by atomic mass is 35.5. The van der Waals surface area contributed by atoms with Gasteiger partial charge in [0.1, 0.15) is 5.58 Å². The maximum atomic E-state index is 12.3. The van der Waals surface area contributed by atoms with Crippen LogP contribution < -0.4 is 5.73 Å². The Morgan fingerprint density at radius 3 is 2.89 bits per heavy atom. The number of nitrogens with two attached hydrogens (primary N) is 1. The molecule has 1 aromatic carbocycles. The lowest BCUT2D eigenvalue weighted by molar-refractivity contribution is 0.0887. The second-order valence-electron chi connectivity index (χ2n) is 4.86. The zero-order valence-corrected chi connectivity index (χ0v) is 10.6. The van der Waals surface area contributed by atoms with E-state index in [1.54, 1.807) is 24.3 Å². The Labute approximate surface area is 110 Å². The molecule has 2 unspecified atom stereocenters. The standard InChI is InChI=1S/C14H14ClNO2/c15-9-4-5-12-8(6-9)7-13(18-12)14(17)10-2-1-3-11(10)16/h4-7,10-11H,1-3,16H2. The van der Waals surface area contributed by atoms with E-state index in [1.807, 2.05) is 0 Å². The van der Waals surface area contributed by atoms with Gasteiger partial charge in [0, 0.05) is 22.4 Å². The van der Waals surface area contributed by atoms with Gasteiger partial charge in [0.15, 0.2) is 5.76 Å². The second-order valence-corrected chi connectivity index (χ2v) is 5.29. The Morgan fingerprint density at radius 2 is 2.17 bits per heavy atom. The van der Waals surface area contributed by atoms with E-state index in [2.05, 4.69) is 0 Å². The summed E-state index contributed by atoms with van der Waals surface area (Å²) in [6, 6.07) is 7.06. The molecular weight excluding hydrogens is 250 g/mol. The van der Waals surface area contributed by atoms with Crippen molar-refractivity contribution in [2.75, 3.05) is 0 Å². The van der Waals surface area contributed by atoms with Crippen molar-refractivity contribution in [3.63, 3.8) is 0 Å². The number of hydrogen-bond donors (Lipinski definition) is 1. The quantitative estimate of drug-likeness (QED) is 0.845. The molecule has 0 saturated heterocycles. The summed E-state index contributed by atoms with van der Waals surface area (Å²) in [5.41, 5.74) is 6.64. The molecule has 1 heterocycles. The molecule has 1 fully saturated rings. The molecule has 0 amide bonds.